The van der Waals surface area contributed by atoms with E-state index in [-0.39, 0.29) is 0 Å². The van der Waals surface area contributed by atoms with Gasteiger partial charge in [0.1, 0.15) is 11.5 Å². The quantitative estimate of drug-likeness (QED) is 0.850. The van der Waals surface area contributed by atoms with Crippen LogP contribution in [0.5, 0.6) is 11.8 Å². The maximum atomic E-state index is 6.10. The van der Waals surface area contributed by atoms with Crippen LogP contribution in [0.4, 0.5) is 5.69 Å². The Bertz CT molecular complexity index is 607. The SMILES string of the molecule is COc1ncnc(OC)c1CNc1c(C)cc(Cl)nc1Cl. The molecule has 2 aromatic heterocycles. The predicted octanol–water partition coefficient (Wildman–Crippen LogP) is 3.12. The summed E-state index contributed by atoms with van der Waals surface area (Å²) in [6, 6.07) is 1.73. The van der Waals surface area contributed by atoms with E-state index in [1.54, 1.807) is 6.07 Å². The second kappa shape index (κ2) is 6.78. The molecule has 0 spiro atoms. The molecule has 0 amide bonds. The lowest BCUT2D eigenvalue weighted by molar-refractivity contribution is 0.363. The van der Waals surface area contributed by atoms with E-state index in [9.17, 15) is 0 Å². The highest BCUT2D eigenvalue weighted by Gasteiger charge is 2.14. The highest BCUT2D eigenvalue weighted by molar-refractivity contribution is 6.34. The standard InChI is InChI=1S/C13H14Cl2N4O2/c1-7-4-9(14)19-11(15)10(7)16-5-8-12(20-2)17-6-18-13(8)21-3/h4,6,16H,5H2,1-3H3. The first-order valence-electron chi connectivity index (χ1n) is 6.05. The summed E-state index contributed by atoms with van der Waals surface area (Å²) in [5, 5.41) is 3.83. The van der Waals surface area contributed by atoms with E-state index in [2.05, 4.69) is 20.3 Å². The Hall–Kier alpha value is -1.79. The predicted molar refractivity (Wildman–Crippen MR) is 81.5 cm³/mol. The third-order valence-electron chi connectivity index (χ3n) is 2.84. The van der Waals surface area contributed by atoms with Crippen molar-refractivity contribution in [3.8, 4) is 11.8 Å². The molecule has 0 atom stereocenters. The van der Waals surface area contributed by atoms with Crippen LogP contribution in [0.3, 0.4) is 0 Å². The van der Waals surface area contributed by atoms with Crippen LogP contribution in [-0.2, 0) is 6.54 Å². The van der Waals surface area contributed by atoms with Crippen molar-refractivity contribution in [3.05, 3.63) is 33.8 Å². The summed E-state index contributed by atoms with van der Waals surface area (Å²) >= 11 is 11.9. The van der Waals surface area contributed by atoms with Crippen LogP contribution in [0.25, 0.3) is 0 Å². The largest absolute Gasteiger partial charge is 0.481 e. The van der Waals surface area contributed by atoms with E-state index in [4.69, 9.17) is 32.7 Å². The molecule has 0 saturated heterocycles. The number of methoxy groups -OCH3 is 2. The van der Waals surface area contributed by atoms with Crippen molar-refractivity contribution in [3.63, 3.8) is 0 Å². The van der Waals surface area contributed by atoms with E-state index in [0.29, 0.717) is 39.9 Å². The van der Waals surface area contributed by atoms with Crippen LogP contribution < -0.4 is 14.8 Å². The maximum absolute atomic E-state index is 6.10. The first kappa shape index (κ1) is 15.6. The minimum atomic E-state index is 0.301. The Morgan fingerprint density at radius 2 is 1.76 bits per heavy atom. The fourth-order valence-electron chi connectivity index (χ4n) is 1.87. The number of nitrogens with zero attached hydrogens (tertiary/aromatic N) is 3. The summed E-state index contributed by atoms with van der Waals surface area (Å²) in [7, 11) is 3.07. The number of ether oxygens (including phenoxy) is 2. The Labute approximate surface area is 132 Å². The number of hydrogen-bond acceptors (Lipinski definition) is 6. The molecule has 112 valence electrons. The van der Waals surface area contributed by atoms with Gasteiger partial charge in [-0.15, -0.1) is 0 Å². The van der Waals surface area contributed by atoms with Crippen molar-refractivity contribution < 1.29 is 9.47 Å². The van der Waals surface area contributed by atoms with Crippen molar-refractivity contribution in [1.82, 2.24) is 15.0 Å². The zero-order chi connectivity index (χ0) is 15.4. The maximum Gasteiger partial charge on any atom is 0.225 e. The van der Waals surface area contributed by atoms with Gasteiger partial charge >= 0.3 is 0 Å². The van der Waals surface area contributed by atoms with Crippen molar-refractivity contribution in [2.45, 2.75) is 13.5 Å². The summed E-state index contributed by atoms with van der Waals surface area (Å²) in [5.41, 5.74) is 2.26. The number of pyridine rings is 1. The zero-order valence-corrected chi connectivity index (χ0v) is 13.3. The fourth-order valence-corrected chi connectivity index (χ4v) is 2.47. The molecule has 0 unspecified atom stereocenters. The molecule has 0 aromatic carbocycles. The summed E-state index contributed by atoms with van der Waals surface area (Å²) in [6.07, 6.45) is 1.38. The molecule has 21 heavy (non-hydrogen) atoms. The number of hydrogen-bond donors (Lipinski definition) is 1. The first-order valence-corrected chi connectivity index (χ1v) is 6.80. The highest BCUT2D eigenvalue weighted by atomic mass is 35.5. The van der Waals surface area contributed by atoms with Gasteiger partial charge in [0.05, 0.1) is 32.0 Å². The summed E-state index contributed by atoms with van der Waals surface area (Å²) < 4.78 is 10.4. The van der Waals surface area contributed by atoms with Crippen LogP contribution >= 0.6 is 23.2 Å². The number of aromatic nitrogens is 3. The molecule has 0 fully saturated rings. The van der Waals surface area contributed by atoms with Crippen LogP contribution in [0, 0.1) is 6.92 Å². The lowest BCUT2D eigenvalue weighted by atomic mass is 10.2. The Balaban J connectivity index is 2.28. The Morgan fingerprint density at radius 1 is 1.14 bits per heavy atom. The van der Waals surface area contributed by atoms with Crippen molar-refractivity contribution in [2.75, 3.05) is 19.5 Å². The van der Waals surface area contributed by atoms with Gasteiger partial charge in [-0.3, -0.25) is 0 Å². The van der Waals surface area contributed by atoms with Gasteiger partial charge in [-0.2, -0.15) is 0 Å². The average molecular weight is 329 g/mol. The molecule has 0 saturated carbocycles. The van der Waals surface area contributed by atoms with E-state index in [1.165, 1.54) is 20.5 Å². The van der Waals surface area contributed by atoms with Gasteiger partial charge in [-0.25, -0.2) is 15.0 Å². The highest BCUT2D eigenvalue weighted by Crippen LogP contribution is 2.29. The lowest BCUT2D eigenvalue weighted by Crippen LogP contribution is -2.08. The Kier molecular flexibility index (Phi) is 5.03. The molecule has 1 N–H and O–H groups in total. The van der Waals surface area contributed by atoms with E-state index in [0.717, 1.165) is 5.56 Å². The van der Waals surface area contributed by atoms with Crippen molar-refractivity contribution in [1.29, 1.82) is 0 Å². The summed E-state index contributed by atoms with van der Waals surface area (Å²) in [6.45, 7) is 2.26. The van der Waals surface area contributed by atoms with Gasteiger partial charge in [0.15, 0.2) is 5.15 Å². The topological polar surface area (TPSA) is 69.2 Å². The molecule has 0 radical (unpaired) electrons. The number of halogens is 2. The van der Waals surface area contributed by atoms with E-state index >= 15 is 0 Å². The number of aryl methyl sites for hydroxylation is 1. The lowest BCUT2D eigenvalue weighted by Gasteiger charge is -2.14. The van der Waals surface area contributed by atoms with Gasteiger partial charge in [-0.1, -0.05) is 23.2 Å². The van der Waals surface area contributed by atoms with E-state index < -0.39 is 0 Å². The van der Waals surface area contributed by atoms with Gasteiger partial charge < -0.3 is 14.8 Å². The zero-order valence-electron chi connectivity index (χ0n) is 11.8. The van der Waals surface area contributed by atoms with Gasteiger partial charge in [0.2, 0.25) is 11.8 Å². The summed E-state index contributed by atoms with van der Waals surface area (Å²) in [4.78, 5) is 12.1. The average Bonchev–Trinajstić information content (AvgIpc) is 2.45. The van der Waals surface area contributed by atoms with Gasteiger partial charge in [0.25, 0.3) is 0 Å². The second-order valence-corrected chi connectivity index (χ2v) is 4.90. The third-order valence-corrected chi connectivity index (χ3v) is 3.30. The molecule has 0 aliphatic heterocycles. The second-order valence-electron chi connectivity index (χ2n) is 4.15. The van der Waals surface area contributed by atoms with Crippen molar-refractivity contribution in [2.24, 2.45) is 0 Å². The van der Waals surface area contributed by atoms with E-state index in [1.807, 2.05) is 6.92 Å². The number of anilines is 1. The number of rotatable bonds is 5. The molecular weight excluding hydrogens is 315 g/mol. The molecule has 0 bridgehead atoms. The smallest absolute Gasteiger partial charge is 0.225 e. The normalized spacial score (nSPS) is 10.3. The van der Waals surface area contributed by atoms with Gasteiger partial charge in [-0.05, 0) is 18.6 Å². The molecule has 2 aromatic rings. The molecule has 2 rings (SSSR count). The fraction of sp³-hybridized carbons (Fsp3) is 0.308. The van der Waals surface area contributed by atoms with Crippen LogP contribution in [-0.4, -0.2) is 29.2 Å². The monoisotopic (exact) mass is 328 g/mol. The minimum absolute atomic E-state index is 0.301. The van der Waals surface area contributed by atoms with Crippen molar-refractivity contribution >= 4 is 28.9 Å². The molecule has 8 heteroatoms. The molecule has 0 aliphatic rings. The van der Waals surface area contributed by atoms with Crippen LogP contribution in [0.1, 0.15) is 11.1 Å². The molecular formula is C13H14Cl2N4O2. The van der Waals surface area contributed by atoms with Gasteiger partial charge in [0, 0.05) is 0 Å². The van der Waals surface area contributed by atoms with Crippen LogP contribution in [0.15, 0.2) is 12.4 Å². The minimum Gasteiger partial charge on any atom is -0.481 e. The molecule has 6 nitrogen and oxygen atoms in total. The van der Waals surface area contributed by atoms with Crippen LogP contribution in [0.2, 0.25) is 10.3 Å². The first-order chi connectivity index (χ1) is 10.1. The Morgan fingerprint density at radius 3 is 2.29 bits per heavy atom. The summed E-state index contributed by atoms with van der Waals surface area (Å²) in [5.74, 6) is 0.870. The molecule has 2 heterocycles. The third kappa shape index (κ3) is 3.46. The number of nitrogens with one attached hydrogen (secondary N) is 1. The molecule has 0 aliphatic carbocycles.